The quantitative estimate of drug-likeness (QED) is 0.775. The van der Waals surface area contributed by atoms with E-state index >= 15 is 0 Å². The van der Waals surface area contributed by atoms with Crippen molar-refractivity contribution >= 4 is 5.91 Å². The zero-order valence-electron chi connectivity index (χ0n) is 14.0. The summed E-state index contributed by atoms with van der Waals surface area (Å²) in [4.78, 5) is 43.2. The molecule has 0 spiro atoms. The van der Waals surface area contributed by atoms with Crippen molar-refractivity contribution in [1.82, 2.24) is 19.4 Å². The van der Waals surface area contributed by atoms with Crippen molar-refractivity contribution in [2.24, 2.45) is 0 Å². The molecule has 0 saturated carbocycles. The Balaban J connectivity index is 1.65. The van der Waals surface area contributed by atoms with Crippen LogP contribution in [-0.4, -0.2) is 70.7 Å². The fourth-order valence-electron chi connectivity index (χ4n) is 3.44. The van der Waals surface area contributed by atoms with Gasteiger partial charge in [-0.1, -0.05) is 0 Å². The van der Waals surface area contributed by atoms with Gasteiger partial charge in [0.25, 0.3) is 5.56 Å². The number of carbonyl (C=O) groups is 1. The van der Waals surface area contributed by atoms with Crippen molar-refractivity contribution < 1.29 is 9.53 Å². The first kappa shape index (κ1) is 16.9. The van der Waals surface area contributed by atoms with Gasteiger partial charge in [0.2, 0.25) is 5.91 Å². The molecule has 8 nitrogen and oxygen atoms in total. The van der Waals surface area contributed by atoms with Gasteiger partial charge in [-0.15, -0.1) is 0 Å². The maximum Gasteiger partial charge on any atom is 0.328 e. The minimum absolute atomic E-state index is 0.140. The maximum atomic E-state index is 12.7. The summed E-state index contributed by atoms with van der Waals surface area (Å²) in [5, 5.41) is 0. The Morgan fingerprint density at radius 1 is 1.25 bits per heavy atom. The predicted molar refractivity (Wildman–Crippen MR) is 88.1 cm³/mol. The molecule has 2 aliphatic rings. The number of rotatable bonds is 4. The van der Waals surface area contributed by atoms with Crippen LogP contribution in [0.15, 0.2) is 15.7 Å². The molecule has 2 aliphatic heterocycles. The normalized spacial score (nSPS) is 22.0. The third kappa shape index (κ3) is 3.59. The predicted octanol–water partition coefficient (Wildman–Crippen LogP) is -0.832. The van der Waals surface area contributed by atoms with Crippen LogP contribution in [0.25, 0.3) is 0 Å². The lowest BCUT2D eigenvalue weighted by molar-refractivity contribution is -0.140. The van der Waals surface area contributed by atoms with E-state index in [-0.39, 0.29) is 17.5 Å². The molecule has 1 amide bonds. The molecular formula is C16H24N4O4. The Hall–Kier alpha value is -1.93. The number of morpholine rings is 1. The van der Waals surface area contributed by atoms with Crippen LogP contribution in [0.2, 0.25) is 0 Å². The molecule has 132 valence electrons. The molecular weight excluding hydrogens is 312 g/mol. The van der Waals surface area contributed by atoms with E-state index in [4.69, 9.17) is 4.74 Å². The smallest absolute Gasteiger partial charge is 0.328 e. The fraction of sp³-hybridized carbons (Fsp3) is 0.688. The van der Waals surface area contributed by atoms with Gasteiger partial charge in [0.1, 0.15) is 0 Å². The van der Waals surface area contributed by atoms with Gasteiger partial charge in [-0.3, -0.25) is 19.1 Å². The first-order valence-electron chi connectivity index (χ1n) is 8.47. The Morgan fingerprint density at radius 2 is 2.00 bits per heavy atom. The Kier molecular flexibility index (Phi) is 5.15. The topological polar surface area (TPSA) is 87.6 Å². The van der Waals surface area contributed by atoms with Gasteiger partial charge in [-0.2, -0.15) is 0 Å². The Labute approximate surface area is 140 Å². The molecule has 0 aliphatic carbocycles. The molecule has 1 aromatic rings. The number of nitrogens with one attached hydrogen (secondary N) is 1. The van der Waals surface area contributed by atoms with Crippen LogP contribution in [-0.2, 0) is 16.1 Å². The second-order valence-corrected chi connectivity index (χ2v) is 6.38. The van der Waals surface area contributed by atoms with Crippen molar-refractivity contribution in [2.45, 2.75) is 32.4 Å². The van der Waals surface area contributed by atoms with Crippen LogP contribution in [0, 0.1) is 6.92 Å². The average Bonchev–Trinajstić information content (AvgIpc) is 3.02. The molecule has 2 fully saturated rings. The summed E-state index contributed by atoms with van der Waals surface area (Å²) in [5.41, 5.74) is -0.135. The van der Waals surface area contributed by atoms with Gasteiger partial charge in [-0.05, 0) is 26.3 Å². The summed E-state index contributed by atoms with van der Waals surface area (Å²) in [6, 6.07) is 1.27. The molecule has 2 saturated heterocycles. The molecule has 24 heavy (non-hydrogen) atoms. The number of aromatic nitrogens is 2. The minimum Gasteiger partial charge on any atom is -0.378 e. The number of nitrogens with zero attached hydrogens (tertiary/aromatic N) is 3. The fourth-order valence-corrected chi connectivity index (χ4v) is 3.44. The van der Waals surface area contributed by atoms with Crippen LogP contribution < -0.4 is 11.2 Å². The largest absolute Gasteiger partial charge is 0.378 e. The molecule has 0 radical (unpaired) electrons. The van der Waals surface area contributed by atoms with Crippen molar-refractivity contribution in [3.05, 3.63) is 32.6 Å². The third-order valence-corrected chi connectivity index (χ3v) is 4.74. The maximum absolute atomic E-state index is 12.7. The number of hydrogen-bond donors (Lipinski definition) is 1. The van der Waals surface area contributed by atoms with E-state index in [1.54, 1.807) is 6.92 Å². The number of ether oxygens (including phenoxy) is 1. The minimum atomic E-state index is -0.393. The lowest BCUT2D eigenvalue weighted by Gasteiger charge is -2.32. The lowest BCUT2D eigenvalue weighted by atomic mass is 10.2. The van der Waals surface area contributed by atoms with E-state index in [2.05, 4.69) is 9.88 Å². The molecule has 0 unspecified atom stereocenters. The van der Waals surface area contributed by atoms with Crippen LogP contribution >= 0.6 is 0 Å². The van der Waals surface area contributed by atoms with E-state index < -0.39 is 5.69 Å². The van der Waals surface area contributed by atoms with Crippen molar-refractivity contribution in [3.63, 3.8) is 0 Å². The number of amides is 1. The number of aromatic amines is 1. The van der Waals surface area contributed by atoms with Crippen molar-refractivity contribution in [1.29, 1.82) is 0 Å². The first-order valence-corrected chi connectivity index (χ1v) is 8.47. The number of carbonyl (C=O) groups excluding carboxylic acids is 1. The molecule has 0 bridgehead atoms. The van der Waals surface area contributed by atoms with Gasteiger partial charge in [0.05, 0.1) is 19.3 Å². The lowest BCUT2D eigenvalue weighted by Crippen LogP contribution is -2.50. The number of H-pyrrole nitrogens is 1. The van der Waals surface area contributed by atoms with Gasteiger partial charge in [0.15, 0.2) is 0 Å². The van der Waals surface area contributed by atoms with E-state index in [0.717, 1.165) is 19.4 Å². The van der Waals surface area contributed by atoms with Gasteiger partial charge < -0.3 is 14.6 Å². The van der Waals surface area contributed by atoms with E-state index in [9.17, 15) is 14.4 Å². The summed E-state index contributed by atoms with van der Waals surface area (Å²) in [6.07, 6.45) is 1.79. The number of aryl methyl sites for hydroxylation is 1. The van der Waals surface area contributed by atoms with Crippen molar-refractivity contribution in [3.8, 4) is 0 Å². The highest BCUT2D eigenvalue weighted by Crippen LogP contribution is 2.19. The Morgan fingerprint density at radius 3 is 2.71 bits per heavy atom. The molecule has 3 heterocycles. The van der Waals surface area contributed by atoms with Crippen LogP contribution in [0.1, 0.15) is 18.5 Å². The second kappa shape index (κ2) is 7.31. The summed E-state index contributed by atoms with van der Waals surface area (Å²) < 4.78 is 6.49. The molecule has 8 heteroatoms. The SMILES string of the molecule is Cc1cc(=O)n(CCN2CCC[C@H]2C(=O)N2CCOCC2)c(=O)[nH]1. The highest BCUT2D eigenvalue weighted by molar-refractivity contribution is 5.82. The zero-order valence-corrected chi connectivity index (χ0v) is 14.0. The molecule has 3 rings (SSSR count). The van der Waals surface area contributed by atoms with Crippen molar-refractivity contribution in [2.75, 3.05) is 39.4 Å². The Bertz CT molecular complexity index is 674. The monoisotopic (exact) mass is 336 g/mol. The average molecular weight is 336 g/mol. The summed E-state index contributed by atoms with van der Waals surface area (Å²) >= 11 is 0. The number of likely N-dealkylation sites (tertiary alicyclic amines) is 1. The van der Waals surface area contributed by atoms with E-state index in [0.29, 0.717) is 45.1 Å². The molecule has 0 aromatic carbocycles. The highest BCUT2D eigenvalue weighted by atomic mass is 16.5. The van der Waals surface area contributed by atoms with Gasteiger partial charge >= 0.3 is 5.69 Å². The van der Waals surface area contributed by atoms with Crippen LogP contribution in [0.5, 0.6) is 0 Å². The van der Waals surface area contributed by atoms with Crippen LogP contribution in [0.3, 0.4) is 0 Å². The van der Waals surface area contributed by atoms with Gasteiger partial charge in [-0.25, -0.2) is 4.79 Å². The first-order chi connectivity index (χ1) is 11.6. The highest BCUT2D eigenvalue weighted by Gasteiger charge is 2.33. The third-order valence-electron chi connectivity index (χ3n) is 4.74. The van der Waals surface area contributed by atoms with E-state index in [1.165, 1.54) is 10.6 Å². The summed E-state index contributed by atoms with van der Waals surface area (Å²) in [7, 11) is 0. The molecule has 1 aromatic heterocycles. The second-order valence-electron chi connectivity index (χ2n) is 6.38. The molecule has 1 N–H and O–H groups in total. The van der Waals surface area contributed by atoms with Gasteiger partial charge in [0, 0.05) is 37.9 Å². The molecule has 1 atom stereocenters. The standard InChI is InChI=1S/C16H24N4O4/c1-12-11-14(21)20(16(23)17-12)6-5-18-4-2-3-13(18)15(22)19-7-9-24-10-8-19/h11,13H,2-10H2,1H3,(H,17,23)/t13-/m0/s1. The van der Waals surface area contributed by atoms with E-state index in [1.807, 2.05) is 4.90 Å². The van der Waals surface area contributed by atoms with Crippen LogP contribution in [0.4, 0.5) is 0 Å². The zero-order chi connectivity index (χ0) is 17.1. The summed E-state index contributed by atoms with van der Waals surface area (Å²) in [5.74, 6) is 0.140. The summed E-state index contributed by atoms with van der Waals surface area (Å²) in [6.45, 7) is 5.78. The number of hydrogen-bond acceptors (Lipinski definition) is 5.